The van der Waals surface area contributed by atoms with Crippen molar-refractivity contribution in [3.63, 3.8) is 0 Å². The Morgan fingerprint density at radius 3 is 2.47 bits per heavy atom. The molecular weight excluding hydrogens is 252 g/mol. The second-order valence-corrected chi connectivity index (χ2v) is 3.38. The van der Waals surface area contributed by atoms with Gasteiger partial charge in [0.2, 0.25) is 0 Å². The fourth-order valence-electron chi connectivity index (χ4n) is 1.12. The third kappa shape index (κ3) is 3.25. The van der Waals surface area contributed by atoms with Gasteiger partial charge in [0.1, 0.15) is 0 Å². The molecule has 0 aliphatic heterocycles. The van der Waals surface area contributed by atoms with Crippen LogP contribution in [0.5, 0.6) is 11.5 Å². The molecule has 92 valence electrons. The van der Waals surface area contributed by atoms with Crippen LogP contribution < -0.4 is 9.47 Å². The normalized spacial score (nSPS) is 9.76. The molecule has 0 bridgehead atoms. The van der Waals surface area contributed by atoms with Gasteiger partial charge in [-0.25, -0.2) is 9.59 Å². The van der Waals surface area contributed by atoms with E-state index in [-0.39, 0.29) is 22.1 Å². The zero-order chi connectivity index (χ0) is 13.0. The van der Waals surface area contributed by atoms with Crippen molar-refractivity contribution in [2.24, 2.45) is 0 Å². The highest BCUT2D eigenvalue weighted by molar-refractivity contribution is 6.32. The Labute approximate surface area is 101 Å². The summed E-state index contributed by atoms with van der Waals surface area (Å²) in [5, 5.41) is 17.2. The quantitative estimate of drug-likeness (QED) is 0.833. The Balaban J connectivity index is 3.12. The van der Waals surface area contributed by atoms with Crippen LogP contribution in [0.1, 0.15) is 10.4 Å². The molecule has 0 aliphatic rings. The topological polar surface area (TPSA) is 93.1 Å². The van der Waals surface area contributed by atoms with Crippen LogP contribution in [0.15, 0.2) is 12.1 Å². The number of benzene rings is 1. The molecule has 0 saturated heterocycles. The molecule has 2 N–H and O–H groups in total. The first-order valence-corrected chi connectivity index (χ1v) is 4.79. The zero-order valence-corrected chi connectivity index (χ0v) is 9.52. The maximum atomic E-state index is 10.7. The predicted octanol–water partition coefficient (Wildman–Crippen LogP) is 1.51. The minimum absolute atomic E-state index is 0.00145. The van der Waals surface area contributed by atoms with E-state index in [1.165, 1.54) is 13.2 Å². The van der Waals surface area contributed by atoms with Crippen LogP contribution in [0.2, 0.25) is 5.02 Å². The summed E-state index contributed by atoms with van der Waals surface area (Å²) in [6.45, 7) is -0.595. The van der Waals surface area contributed by atoms with Gasteiger partial charge in [-0.3, -0.25) is 0 Å². The molecule has 0 amide bonds. The molecule has 0 atom stereocenters. The number of carboxylic acids is 2. The first-order chi connectivity index (χ1) is 7.95. The molecule has 0 aromatic heterocycles. The molecule has 0 spiro atoms. The van der Waals surface area contributed by atoms with Gasteiger partial charge in [-0.15, -0.1) is 0 Å². The van der Waals surface area contributed by atoms with E-state index in [1.807, 2.05) is 0 Å². The maximum Gasteiger partial charge on any atom is 0.341 e. The van der Waals surface area contributed by atoms with Gasteiger partial charge in [-0.2, -0.15) is 0 Å². The highest BCUT2D eigenvalue weighted by atomic mass is 35.5. The smallest absolute Gasteiger partial charge is 0.341 e. The third-order valence-corrected chi connectivity index (χ3v) is 2.10. The Bertz CT molecular complexity index is 456. The van der Waals surface area contributed by atoms with Crippen LogP contribution in [-0.2, 0) is 4.79 Å². The fourth-order valence-corrected chi connectivity index (χ4v) is 1.38. The highest BCUT2D eigenvalue weighted by Crippen LogP contribution is 2.36. The van der Waals surface area contributed by atoms with E-state index in [4.69, 9.17) is 31.3 Å². The van der Waals surface area contributed by atoms with E-state index >= 15 is 0 Å². The number of hydrogen-bond donors (Lipinski definition) is 2. The van der Waals surface area contributed by atoms with Crippen molar-refractivity contribution < 1.29 is 29.3 Å². The number of ether oxygens (including phenoxy) is 2. The molecule has 7 heteroatoms. The van der Waals surface area contributed by atoms with Crippen LogP contribution in [-0.4, -0.2) is 35.9 Å². The molecule has 6 nitrogen and oxygen atoms in total. The average molecular weight is 261 g/mol. The molecule has 17 heavy (non-hydrogen) atoms. The van der Waals surface area contributed by atoms with Gasteiger partial charge < -0.3 is 19.7 Å². The first-order valence-electron chi connectivity index (χ1n) is 4.41. The number of aliphatic carboxylic acids is 1. The van der Waals surface area contributed by atoms with Gasteiger partial charge >= 0.3 is 11.9 Å². The van der Waals surface area contributed by atoms with Crippen LogP contribution in [0.25, 0.3) is 0 Å². The monoisotopic (exact) mass is 260 g/mol. The lowest BCUT2D eigenvalue weighted by molar-refractivity contribution is -0.139. The molecule has 1 aromatic rings. The Kier molecular flexibility index (Phi) is 4.17. The van der Waals surface area contributed by atoms with Gasteiger partial charge in [0.15, 0.2) is 18.1 Å². The third-order valence-electron chi connectivity index (χ3n) is 1.82. The summed E-state index contributed by atoms with van der Waals surface area (Å²) in [6.07, 6.45) is 0. The van der Waals surface area contributed by atoms with Crippen LogP contribution in [0.3, 0.4) is 0 Å². The van der Waals surface area contributed by atoms with Crippen molar-refractivity contribution >= 4 is 23.5 Å². The second-order valence-electron chi connectivity index (χ2n) is 2.98. The summed E-state index contributed by atoms with van der Waals surface area (Å²) in [6, 6.07) is 2.36. The van der Waals surface area contributed by atoms with E-state index in [9.17, 15) is 9.59 Å². The lowest BCUT2D eigenvalue weighted by Gasteiger charge is -2.11. The fraction of sp³-hybridized carbons (Fsp3) is 0.200. The van der Waals surface area contributed by atoms with E-state index in [2.05, 4.69) is 0 Å². The van der Waals surface area contributed by atoms with E-state index in [1.54, 1.807) is 0 Å². The molecule has 0 heterocycles. The molecule has 0 saturated carbocycles. The summed E-state index contributed by atoms with van der Waals surface area (Å²) in [5.41, 5.74) is -0.0745. The molecule has 1 rings (SSSR count). The van der Waals surface area contributed by atoms with Gasteiger partial charge in [0.25, 0.3) is 0 Å². The number of rotatable bonds is 5. The second kappa shape index (κ2) is 5.40. The van der Waals surface area contributed by atoms with Crippen LogP contribution >= 0.6 is 11.6 Å². The molecule has 0 unspecified atom stereocenters. The summed E-state index contributed by atoms with van der Waals surface area (Å²) in [4.78, 5) is 21.1. The average Bonchev–Trinajstić information content (AvgIpc) is 2.25. The van der Waals surface area contributed by atoms with Crippen molar-refractivity contribution in [2.75, 3.05) is 13.7 Å². The lowest BCUT2D eigenvalue weighted by Crippen LogP contribution is -2.10. The highest BCUT2D eigenvalue weighted by Gasteiger charge is 2.16. The Morgan fingerprint density at radius 1 is 1.35 bits per heavy atom. The summed E-state index contributed by atoms with van der Waals surface area (Å²) < 4.78 is 9.79. The molecular formula is C10H9ClO6. The number of halogens is 1. The maximum absolute atomic E-state index is 10.7. The van der Waals surface area contributed by atoms with Crippen molar-refractivity contribution in [1.29, 1.82) is 0 Å². The van der Waals surface area contributed by atoms with Gasteiger partial charge in [0.05, 0.1) is 17.7 Å². The minimum atomic E-state index is -1.18. The molecule has 0 aliphatic carbocycles. The minimum Gasteiger partial charge on any atom is -0.493 e. The van der Waals surface area contributed by atoms with Gasteiger partial charge in [-0.1, -0.05) is 11.6 Å². The number of carbonyl (C=O) groups is 2. The molecule has 1 aromatic carbocycles. The standard InChI is InChI=1S/C10H9ClO6/c1-16-7-3-5(10(14)15)2-6(11)9(7)17-4-8(12)13/h2-3H,4H2,1H3,(H,12,13)(H,14,15). The van der Waals surface area contributed by atoms with E-state index in [0.717, 1.165) is 6.07 Å². The Hall–Kier alpha value is -1.95. The molecule has 0 radical (unpaired) electrons. The van der Waals surface area contributed by atoms with Gasteiger partial charge in [-0.05, 0) is 12.1 Å². The van der Waals surface area contributed by atoms with E-state index < -0.39 is 18.5 Å². The van der Waals surface area contributed by atoms with Gasteiger partial charge in [0, 0.05) is 0 Å². The first kappa shape index (κ1) is 13.1. The number of carboxylic acid groups (broad SMARTS) is 2. The predicted molar refractivity (Wildman–Crippen MR) is 58.1 cm³/mol. The summed E-state index contributed by atoms with van der Waals surface area (Å²) in [7, 11) is 1.30. The Morgan fingerprint density at radius 2 is 2.00 bits per heavy atom. The largest absolute Gasteiger partial charge is 0.493 e. The summed E-state index contributed by atoms with van der Waals surface area (Å²) in [5.74, 6) is -2.28. The number of methoxy groups -OCH3 is 1. The van der Waals surface area contributed by atoms with Crippen molar-refractivity contribution in [2.45, 2.75) is 0 Å². The molecule has 0 fully saturated rings. The van der Waals surface area contributed by atoms with Crippen LogP contribution in [0, 0.1) is 0 Å². The van der Waals surface area contributed by atoms with Crippen molar-refractivity contribution in [3.8, 4) is 11.5 Å². The zero-order valence-electron chi connectivity index (χ0n) is 8.77. The van der Waals surface area contributed by atoms with Crippen molar-refractivity contribution in [3.05, 3.63) is 22.7 Å². The lowest BCUT2D eigenvalue weighted by atomic mass is 10.2. The van der Waals surface area contributed by atoms with Crippen molar-refractivity contribution in [1.82, 2.24) is 0 Å². The summed E-state index contributed by atoms with van der Waals surface area (Å²) >= 11 is 5.78. The SMILES string of the molecule is COc1cc(C(=O)O)cc(Cl)c1OCC(=O)O. The number of aromatic carboxylic acids is 1. The number of hydrogen-bond acceptors (Lipinski definition) is 4. The van der Waals surface area contributed by atoms with E-state index in [0.29, 0.717) is 0 Å². The van der Waals surface area contributed by atoms with Crippen LogP contribution in [0.4, 0.5) is 0 Å².